The zero-order valence-electron chi connectivity index (χ0n) is 17.9. The zero-order chi connectivity index (χ0) is 21.1. The largest absolute Gasteiger partial charge is 0.207 e. The summed E-state index contributed by atoms with van der Waals surface area (Å²) in [5.41, 5.74) is 5.56. The SMILES string of the molecule is Cc1ccc(CCc2ccc(-c3ccc(C4CCC(C)CC4)cc3F)cc2)cc1F.[HH]. The minimum Gasteiger partial charge on any atom is -0.207 e. The molecular formula is C28H32F2. The predicted octanol–water partition coefficient (Wildman–Crippen LogP) is 8.27. The molecule has 1 fully saturated rings. The molecule has 0 unspecified atom stereocenters. The van der Waals surface area contributed by atoms with Crippen molar-refractivity contribution in [3.05, 3.63) is 94.6 Å². The van der Waals surface area contributed by atoms with E-state index in [1.54, 1.807) is 19.1 Å². The molecule has 0 aliphatic heterocycles. The first kappa shape index (κ1) is 20.8. The fourth-order valence-electron chi connectivity index (χ4n) is 4.54. The molecule has 158 valence electrons. The Kier molecular flexibility index (Phi) is 6.32. The van der Waals surface area contributed by atoms with Crippen LogP contribution in [0.4, 0.5) is 8.78 Å². The van der Waals surface area contributed by atoms with Crippen LogP contribution < -0.4 is 0 Å². The molecule has 0 N–H and O–H groups in total. The van der Waals surface area contributed by atoms with E-state index in [0.717, 1.165) is 35.4 Å². The Morgan fingerprint density at radius 1 is 0.767 bits per heavy atom. The minimum atomic E-state index is -0.149. The van der Waals surface area contributed by atoms with Crippen molar-refractivity contribution in [1.82, 2.24) is 0 Å². The van der Waals surface area contributed by atoms with Crippen LogP contribution in [0, 0.1) is 24.5 Å². The Morgan fingerprint density at radius 3 is 2.10 bits per heavy atom. The van der Waals surface area contributed by atoms with E-state index in [1.807, 2.05) is 30.3 Å². The number of aryl methyl sites for hydroxylation is 3. The predicted molar refractivity (Wildman–Crippen MR) is 123 cm³/mol. The Bertz CT molecular complexity index is 1000. The van der Waals surface area contributed by atoms with Crippen molar-refractivity contribution < 1.29 is 10.2 Å². The van der Waals surface area contributed by atoms with Crippen molar-refractivity contribution >= 4 is 0 Å². The van der Waals surface area contributed by atoms with Crippen LogP contribution in [0.25, 0.3) is 11.1 Å². The quantitative estimate of drug-likeness (QED) is 0.400. The van der Waals surface area contributed by atoms with E-state index < -0.39 is 0 Å². The van der Waals surface area contributed by atoms with Crippen LogP contribution in [0.1, 0.15) is 62.2 Å². The van der Waals surface area contributed by atoms with Crippen molar-refractivity contribution in [2.45, 2.75) is 58.3 Å². The molecule has 30 heavy (non-hydrogen) atoms. The van der Waals surface area contributed by atoms with Gasteiger partial charge >= 0.3 is 0 Å². The molecule has 1 aliphatic carbocycles. The fourth-order valence-corrected chi connectivity index (χ4v) is 4.54. The molecule has 0 amide bonds. The number of benzene rings is 3. The first-order chi connectivity index (χ1) is 14.5. The van der Waals surface area contributed by atoms with Gasteiger partial charge in [-0.3, -0.25) is 0 Å². The van der Waals surface area contributed by atoms with Gasteiger partial charge in [-0.05, 0) is 84.4 Å². The van der Waals surface area contributed by atoms with Crippen molar-refractivity contribution in [3.63, 3.8) is 0 Å². The summed E-state index contributed by atoms with van der Waals surface area (Å²) in [6.45, 7) is 4.09. The van der Waals surface area contributed by atoms with E-state index in [2.05, 4.69) is 25.1 Å². The molecule has 4 rings (SSSR count). The summed E-state index contributed by atoms with van der Waals surface area (Å²) >= 11 is 0. The number of hydrogen-bond donors (Lipinski definition) is 0. The van der Waals surface area contributed by atoms with Gasteiger partial charge in [0.2, 0.25) is 0 Å². The highest BCUT2D eigenvalue weighted by atomic mass is 19.1. The van der Waals surface area contributed by atoms with Crippen molar-refractivity contribution in [2.75, 3.05) is 0 Å². The van der Waals surface area contributed by atoms with Crippen LogP contribution in [0.15, 0.2) is 60.7 Å². The normalized spacial score (nSPS) is 19.1. The third-order valence-electron chi connectivity index (χ3n) is 6.68. The van der Waals surface area contributed by atoms with E-state index in [-0.39, 0.29) is 13.1 Å². The zero-order valence-corrected chi connectivity index (χ0v) is 17.9. The molecule has 1 saturated carbocycles. The summed E-state index contributed by atoms with van der Waals surface area (Å²) in [5.74, 6) is 1.02. The lowest BCUT2D eigenvalue weighted by molar-refractivity contribution is 0.347. The van der Waals surface area contributed by atoms with Crippen LogP contribution in [-0.4, -0.2) is 0 Å². The Morgan fingerprint density at radius 2 is 1.43 bits per heavy atom. The topological polar surface area (TPSA) is 0 Å². The van der Waals surface area contributed by atoms with Gasteiger partial charge < -0.3 is 0 Å². The average Bonchev–Trinajstić information content (AvgIpc) is 2.75. The second kappa shape index (κ2) is 9.12. The van der Waals surface area contributed by atoms with Gasteiger partial charge in [-0.15, -0.1) is 0 Å². The smallest absolute Gasteiger partial charge is 0.131 e. The molecule has 0 bridgehead atoms. The van der Waals surface area contributed by atoms with Crippen LogP contribution in [0.3, 0.4) is 0 Å². The monoisotopic (exact) mass is 406 g/mol. The molecule has 0 saturated heterocycles. The lowest BCUT2D eigenvalue weighted by Crippen LogP contribution is -2.11. The van der Waals surface area contributed by atoms with E-state index in [9.17, 15) is 8.78 Å². The Labute approximate surface area is 180 Å². The third-order valence-corrected chi connectivity index (χ3v) is 6.68. The first-order valence-corrected chi connectivity index (χ1v) is 11.1. The van der Waals surface area contributed by atoms with Gasteiger partial charge in [0, 0.05) is 6.99 Å². The van der Waals surface area contributed by atoms with Gasteiger partial charge in [-0.1, -0.05) is 68.3 Å². The Hall–Kier alpha value is -2.48. The number of rotatable bonds is 5. The molecule has 0 atom stereocenters. The molecule has 1 aliphatic rings. The summed E-state index contributed by atoms with van der Waals surface area (Å²) in [4.78, 5) is 0. The van der Waals surface area contributed by atoms with E-state index >= 15 is 0 Å². The van der Waals surface area contributed by atoms with Gasteiger partial charge in [0.25, 0.3) is 0 Å². The second-order valence-corrected chi connectivity index (χ2v) is 8.98. The minimum absolute atomic E-state index is 0. The molecule has 2 heteroatoms. The fraction of sp³-hybridized carbons (Fsp3) is 0.357. The summed E-state index contributed by atoms with van der Waals surface area (Å²) in [6.07, 6.45) is 6.44. The third kappa shape index (κ3) is 4.80. The molecule has 3 aromatic rings. The van der Waals surface area contributed by atoms with E-state index in [0.29, 0.717) is 17.0 Å². The van der Waals surface area contributed by atoms with Crippen LogP contribution in [0.5, 0.6) is 0 Å². The molecule has 0 radical (unpaired) electrons. The van der Waals surface area contributed by atoms with E-state index in [4.69, 9.17) is 0 Å². The molecule has 3 aromatic carbocycles. The lowest BCUT2D eigenvalue weighted by atomic mass is 9.79. The number of halogens is 2. The highest BCUT2D eigenvalue weighted by molar-refractivity contribution is 5.65. The van der Waals surface area contributed by atoms with Crippen LogP contribution >= 0.6 is 0 Å². The molecular weight excluding hydrogens is 374 g/mol. The maximum absolute atomic E-state index is 14.9. The molecule has 0 spiro atoms. The van der Waals surface area contributed by atoms with Gasteiger partial charge in [-0.25, -0.2) is 8.78 Å². The van der Waals surface area contributed by atoms with Crippen LogP contribution in [-0.2, 0) is 12.8 Å². The summed E-state index contributed by atoms with van der Waals surface area (Å²) in [5, 5.41) is 0. The maximum Gasteiger partial charge on any atom is 0.131 e. The van der Waals surface area contributed by atoms with Gasteiger partial charge in [0.1, 0.15) is 11.6 Å². The molecule has 0 heterocycles. The average molecular weight is 407 g/mol. The first-order valence-electron chi connectivity index (χ1n) is 11.1. The molecule has 0 aromatic heterocycles. The Balaban J connectivity index is 0.00000272. The maximum atomic E-state index is 14.9. The number of hydrogen-bond acceptors (Lipinski definition) is 0. The van der Waals surface area contributed by atoms with E-state index in [1.165, 1.54) is 31.2 Å². The second-order valence-electron chi connectivity index (χ2n) is 8.98. The van der Waals surface area contributed by atoms with Crippen LogP contribution in [0.2, 0.25) is 0 Å². The summed E-state index contributed by atoms with van der Waals surface area (Å²) in [7, 11) is 0. The highest BCUT2D eigenvalue weighted by Crippen LogP contribution is 2.37. The van der Waals surface area contributed by atoms with Crippen molar-refractivity contribution in [3.8, 4) is 11.1 Å². The molecule has 0 nitrogen and oxygen atoms in total. The van der Waals surface area contributed by atoms with Crippen molar-refractivity contribution in [2.24, 2.45) is 5.92 Å². The highest BCUT2D eigenvalue weighted by Gasteiger charge is 2.20. The standard InChI is InChI=1S/C28H30F2.H2/c1-19-3-11-23(12-4-19)25-15-16-26(28(30)18-25)24-13-9-21(10-14-24)7-8-22-6-5-20(2)27(29)17-22;/h5-6,9-10,13-19,23H,3-4,7-8,11-12H2,1-2H3;1H. The van der Waals surface area contributed by atoms with Gasteiger partial charge in [0.15, 0.2) is 0 Å². The summed E-state index contributed by atoms with van der Waals surface area (Å²) in [6, 6.07) is 19.3. The summed E-state index contributed by atoms with van der Waals surface area (Å²) < 4.78 is 28.6. The lowest BCUT2D eigenvalue weighted by Gasteiger charge is -2.26. The van der Waals surface area contributed by atoms with Gasteiger partial charge in [0.05, 0.1) is 0 Å². The van der Waals surface area contributed by atoms with Gasteiger partial charge in [-0.2, -0.15) is 0 Å². The van der Waals surface area contributed by atoms with Crippen molar-refractivity contribution in [1.29, 1.82) is 0 Å².